The van der Waals surface area contributed by atoms with Crippen molar-refractivity contribution < 1.29 is 4.79 Å². The Hall–Kier alpha value is -2.77. The summed E-state index contributed by atoms with van der Waals surface area (Å²) in [5.41, 5.74) is 1.27. The van der Waals surface area contributed by atoms with E-state index in [-0.39, 0.29) is 12.5 Å². The quantitative estimate of drug-likeness (QED) is 0.688. The third-order valence-electron chi connectivity index (χ3n) is 2.84. The number of tetrazole rings is 1. The number of rotatable bonds is 3. The van der Waals surface area contributed by atoms with E-state index >= 15 is 0 Å². The van der Waals surface area contributed by atoms with Gasteiger partial charge >= 0.3 is 0 Å². The van der Waals surface area contributed by atoms with Crippen molar-refractivity contribution in [3.63, 3.8) is 0 Å². The van der Waals surface area contributed by atoms with Crippen LogP contribution in [-0.2, 0) is 13.6 Å². The summed E-state index contributed by atoms with van der Waals surface area (Å²) in [7, 11) is 1.72. The lowest BCUT2D eigenvalue weighted by Crippen LogP contribution is -2.24. The van der Waals surface area contributed by atoms with Crippen LogP contribution in [0, 0.1) is 0 Å². The number of fused-ring (bicyclic) bond motifs is 1. The number of aromatic nitrogens is 6. The van der Waals surface area contributed by atoms with Gasteiger partial charge in [-0.05, 0) is 16.5 Å². The maximum absolute atomic E-state index is 12.1. The van der Waals surface area contributed by atoms with Crippen LogP contribution in [0.3, 0.4) is 0 Å². The van der Waals surface area contributed by atoms with E-state index in [0.717, 1.165) is 10.9 Å². The van der Waals surface area contributed by atoms with Gasteiger partial charge in [-0.25, -0.2) is 4.68 Å². The van der Waals surface area contributed by atoms with Gasteiger partial charge < -0.3 is 5.32 Å². The van der Waals surface area contributed by atoms with Crippen LogP contribution < -0.4 is 5.32 Å². The van der Waals surface area contributed by atoms with Crippen molar-refractivity contribution in [2.24, 2.45) is 7.05 Å². The molecule has 1 aromatic carbocycles. The summed E-state index contributed by atoms with van der Waals surface area (Å²) in [6.07, 6.45) is 1.68. The number of benzene rings is 1. The highest BCUT2D eigenvalue weighted by Gasteiger charge is 2.12. The third kappa shape index (κ3) is 2.03. The van der Waals surface area contributed by atoms with E-state index < -0.39 is 0 Å². The Morgan fingerprint density at radius 1 is 1.47 bits per heavy atom. The van der Waals surface area contributed by atoms with Gasteiger partial charge in [-0.3, -0.25) is 9.89 Å². The topological polar surface area (TPSA) is 101 Å². The molecule has 0 spiro atoms. The average Bonchev–Trinajstić information content (AvgIpc) is 3.04. The average molecular weight is 257 g/mol. The first-order valence-electron chi connectivity index (χ1n) is 5.67. The Balaban J connectivity index is 1.81. The van der Waals surface area contributed by atoms with E-state index in [0.29, 0.717) is 11.4 Å². The predicted molar refractivity (Wildman–Crippen MR) is 66.1 cm³/mol. The summed E-state index contributed by atoms with van der Waals surface area (Å²) in [5, 5.41) is 21.4. The highest BCUT2D eigenvalue weighted by Crippen LogP contribution is 2.15. The number of carbonyl (C=O) groups is 1. The molecule has 3 aromatic rings. The largest absolute Gasteiger partial charge is 0.345 e. The number of carbonyl (C=O) groups excluding carboxylic acids is 1. The van der Waals surface area contributed by atoms with Gasteiger partial charge in [0, 0.05) is 12.4 Å². The molecule has 0 unspecified atom stereocenters. The highest BCUT2D eigenvalue weighted by atomic mass is 16.1. The van der Waals surface area contributed by atoms with Crippen LogP contribution in [0.15, 0.2) is 24.4 Å². The van der Waals surface area contributed by atoms with Crippen LogP contribution in [0.25, 0.3) is 10.9 Å². The Morgan fingerprint density at radius 2 is 2.37 bits per heavy atom. The molecular weight excluding hydrogens is 246 g/mol. The third-order valence-corrected chi connectivity index (χ3v) is 2.84. The van der Waals surface area contributed by atoms with E-state index in [4.69, 9.17) is 0 Å². The van der Waals surface area contributed by atoms with E-state index in [1.807, 2.05) is 12.1 Å². The van der Waals surface area contributed by atoms with Gasteiger partial charge in [-0.15, -0.1) is 5.10 Å². The van der Waals surface area contributed by atoms with Gasteiger partial charge in [0.25, 0.3) is 5.91 Å². The first-order valence-corrected chi connectivity index (χ1v) is 5.67. The van der Waals surface area contributed by atoms with Crippen LogP contribution in [0.2, 0.25) is 0 Å². The molecule has 1 amide bonds. The van der Waals surface area contributed by atoms with Crippen molar-refractivity contribution in [1.82, 2.24) is 35.7 Å². The summed E-state index contributed by atoms with van der Waals surface area (Å²) >= 11 is 0. The second-order valence-electron chi connectivity index (χ2n) is 4.04. The molecule has 3 rings (SSSR count). The molecule has 0 saturated carbocycles. The lowest BCUT2D eigenvalue weighted by atomic mass is 10.1. The molecule has 2 N–H and O–H groups in total. The van der Waals surface area contributed by atoms with Crippen LogP contribution in [0.1, 0.15) is 16.2 Å². The first-order chi connectivity index (χ1) is 9.25. The highest BCUT2D eigenvalue weighted by molar-refractivity contribution is 6.05. The maximum Gasteiger partial charge on any atom is 0.253 e. The first kappa shape index (κ1) is 11.3. The number of aryl methyl sites for hydroxylation is 1. The normalized spacial score (nSPS) is 10.8. The minimum absolute atomic E-state index is 0.196. The molecule has 0 aliphatic heterocycles. The van der Waals surface area contributed by atoms with Gasteiger partial charge in [0.2, 0.25) is 0 Å². The van der Waals surface area contributed by atoms with E-state index in [2.05, 4.69) is 31.0 Å². The molecule has 0 bridgehead atoms. The SMILES string of the molecule is Cn1nnnc1CNC(=O)c1cccc2cn[nH]c12. The number of hydrogen-bond donors (Lipinski definition) is 2. The molecule has 0 saturated heterocycles. The summed E-state index contributed by atoms with van der Waals surface area (Å²) < 4.78 is 1.51. The Kier molecular flexibility index (Phi) is 2.67. The van der Waals surface area contributed by atoms with Crippen LogP contribution >= 0.6 is 0 Å². The van der Waals surface area contributed by atoms with Gasteiger partial charge in [0.15, 0.2) is 5.82 Å². The summed E-state index contributed by atoms with van der Waals surface area (Å²) in [5.74, 6) is 0.392. The number of nitrogens with zero attached hydrogens (tertiary/aromatic N) is 5. The van der Waals surface area contributed by atoms with Gasteiger partial charge in [-0.1, -0.05) is 12.1 Å². The summed E-state index contributed by atoms with van der Waals surface area (Å²) in [6.45, 7) is 0.271. The van der Waals surface area contributed by atoms with Crippen molar-refractivity contribution >= 4 is 16.8 Å². The number of hydrogen-bond acceptors (Lipinski definition) is 5. The smallest absolute Gasteiger partial charge is 0.253 e. The second-order valence-corrected chi connectivity index (χ2v) is 4.04. The van der Waals surface area contributed by atoms with Crippen LogP contribution in [0.4, 0.5) is 0 Å². The molecule has 96 valence electrons. The Bertz CT molecular complexity index is 729. The van der Waals surface area contributed by atoms with Crippen molar-refractivity contribution in [2.75, 3.05) is 0 Å². The zero-order chi connectivity index (χ0) is 13.2. The Morgan fingerprint density at radius 3 is 3.16 bits per heavy atom. The van der Waals surface area contributed by atoms with Crippen LogP contribution in [-0.4, -0.2) is 36.3 Å². The molecule has 2 heterocycles. The van der Waals surface area contributed by atoms with E-state index in [1.165, 1.54) is 4.68 Å². The zero-order valence-electron chi connectivity index (χ0n) is 10.2. The summed E-state index contributed by atoms with van der Waals surface area (Å²) in [6, 6.07) is 5.45. The van der Waals surface area contributed by atoms with Crippen molar-refractivity contribution in [3.05, 3.63) is 35.8 Å². The van der Waals surface area contributed by atoms with Gasteiger partial charge in [0.1, 0.15) is 0 Å². The predicted octanol–water partition coefficient (Wildman–Crippen LogP) is 0.0164. The molecule has 0 radical (unpaired) electrons. The standard InChI is InChI=1S/C11H11N7O/c1-18-9(14-16-17-18)6-12-11(19)8-4-2-3-7-5-13-15-10(7)8/h2-5H,6H2,1H3,(H,12,19)(H,13,15). The second kappa shape index (κ2) is 4.48. The lowest BCUT2D eigenvalue weighted by Gasteiger charge is -2.04. The molecule has 0 atom stereocenters. The van der Waals surface area contributed by atoms with Crippen molar-refractivity contribution in [3.8, 4) is 0 Å². The fourth-order valence-corrected chi connectivity index (χ4v) is 1.81. The molecule has 0 aliphatic rings. The molecular formula is C11H11N7O. The number of nitrogens with one attached hydrogen (secondary N) is 2. The van der Waals surface area contributed by atoms with Crippen molar-refractivity contribution in [1.29, 1.82) is 0 Å². The fourth-order valence-electron chi connectivity index (χ4n) is 1.81. The molecule has 2 aromatic heterocycles. The molecule has 8 nitrogen and oxygen atoms in total. The molecule has 19 heavy (non-hydrogen) atoms. The number of para-hydroxylation sites is 1. The molecule has 0 fully saturated rings. The monoisotopic (exact) mass is 257 g/mol. The van der Waals surface area contributed by atoms with E-state index in [9.17, 15) is 4.79 Å². The van der Waals surface area contributed by atoms with Crippen LogP contribution in [0.5, 0.6) is 0 Å². The number of aromatic amines is 1. The van der Waals surface area contributed by atoms with Crippen molar-refractivity contribution in [2.45, 2.75) is 6.54 Å². The number of H-pyrrole nitrogens is 1. The summed E-state index contributed by atoms with van der Waals surface area (Å²) in [4.78, 5) is 12.1. The Labute approximate surface area is 107 Å². The molecule has 8 heteroatoms. The maximum atomic E-state index is 12.1. The minimum Gasteiger partial charge on any atom is -0.345 e. The van der Waals surface area contributed by atoms with Gasteiger partial charge in [0.05, 0.1) is 23.8 Å². The number of amides is 1. The lowest BCUT2D eigenvalue weighted by molar-refractivity contribution is 0.0951. The molecule has 0 aliphatic carbocycles. The van der Waals surface area contributed by atoms with Gasteiger partial charge in [-0.2, -0.15) is 5.10 Å². The minimum atomic E-state index is -0.196. The zero-order valence-corrected chi connectivity index (χ0v) is 10.2. The van der Waals surface area contributed by atoms with E-state index in [1.54, 1.807) is 19.3 Å². The fraction of sp³-hybridized carbons (Fsp3) is 0.182.